The van der Waals surface area contributed by atoms with Gasteiger partial charge in [-0.3, -0.25) is 4.79 Å². The highest BCUT2D eigenvalue weighted by molar-refractivity contribution is 5.99. The number of benzene rings is 2. The van der Waals surface area contributed by atoms with Gasteiger partial charge in [0, 0.05) is 34.8 Å². The number of aromatic nitrogens is 1. The molecule has 1 aliphatic heterocycles. The Balaban J connectivity index is 1.61. The zero-order chi connectivity index (χ0) is 23.4. The molecule has 0 atom stereocenters. The number of hydrogen-bond donors (Lipinski definition) is 3. The fraction of sp³-hybridized carbons (Fsp3) is 0.269. The average molecular weight is 441 g/mol. The SMILES string of the molecule is C=C(C#N)CNc1cccc2ccc(-c3ccc(N)c(C(=O)NC4CCN(C)CC4)n3)cc12. The molecule has 0 bridgehead atoms. The van der Waals surface area contributed by atoms with E-state index in [0.29, 0.717) is 23.5 Å². The van der Waals surface area contributed by atoms with Crippen molar-refractivity contribution in [3.63, 3.8) is 0 Å². The molecule has 7 nitrogen and oxygen atoms in total. The molecule has 2 heterocycles. The van der Waals surface area contributed by atoms with Gasteiger partial charge >= 0.3 is 0 Å². The normalized spacial score (nSPS) is 14.5. The number of nitrogens with one attached hydrogen (secondary N) is 2. The van der Waals surface area contributed by atoms with Gasteiger partial charge in [0.15, 0.2) is 5.69 Å². The maximum absolute atomic E-state index is 12.9. The number of carbonyl (C=O) groups is 1. The van der Waals surface area contributed by atoms with Crippen molar-refractivity contribution in [3.8, 4) is 17.3 Å². The summed E-state index contributed by atoms with van der Waals surface area (Å²) in [5, 5.41) is 17.4. The number of nitrogens with zero attached hydrogens (tertiary/aromatic N) is 3. The molecule has 1 saturated heterocycles. The largest absolute Gasteiger partial charge is 0.397 e. The van der Waals surface area contributed by atoms with E-state index in [1.807, 2.05) is 42.5 Å². The summed E-state index contributed by atoms with van der Waals surface area (Å²) in [6.45, 7) is 6.03. The highest BCUT2D eigenvalue weighted by Crippen LogP contribution is 2.29. The van der Waals surface area contributed by atoms with Crippen LogP contribution in [0.4, 0.5) is 11.4 Å². The third-order valence-electron chi connectivity index (χ3n) is 6.02. The lowest BCUT2D eigenvalue weighted by Crippen LogP contribution is -2.43. The van der Waals surface area contributed by atoms with Crippen LogP contribution in [-0.4, -0.2) is 48.5 Å². The van der Waals surface area contributed by atoms with E-state index in [0.717, 1.165) is 48.0 Å². The van der Waals surface area contributed by atoms with Crippen molar-refractivity contribution in [2.45, 2.75) is 18.9 Å². The summed E-state index contributed by atoms with van der Waals surface area (Å²) in [4.78, 5) is 19.8. The molecule has 168 valence electrons. The molecule has 3 aromatic rings. The van der Waals surface area contributed by atoms with Crippen LogP contribution in [0.3, 0.4) is 0 Å². The number of nitrogen functional groups attached to an aromatic ring is 1. The third kappa shape index (κ3) is 5.13. The van der Waals surface area contributed by atoms with Crippen molar-refractivity contribution in [1.82, 2.24) is 15.2 Å². The number of pyridine rings is 1. The van der Waals surface area contributed by atoms with Gasteiger partial charge in [-0.2, -0.15) is 5.26 Å². The minimum Gasteiger partial charge on any atom is -0.397 e. The van der Waals surface area contributed by atoms with Crippen LogP contribution in [0, 0.1) is 11.3 Å². The molecular weight excluding hydrogens is 412 g/mol. The van der Waals surface area contributed by atoms with Crippen molar-refractivity contribution in [1.29, 1.82) is 5.26 Å². The number of hydrogen-bond acceptors (Lipinski definition) is 6. The number of amides is 1. The predicted octanol–water partition coefficient (Wildman–Crippen LogP) is 3.80. The molecule has 4 rings (SSSR count). The Hall–Kier alpha value is -3.89. The summed E-state index contributed by atoms with van der Waals surface area (Å²) < 4.78 is 0. The molecule has 33 heavy (non-hydrogen) atoms. The summed E-state index contributed by atoms with van der Waals surface area (Å²) in [5.74, 6) is -0.234. The molecule has 0 unspecified atom stereocenters. The summed E-state index contributed by atoms with van der Waals surface area (Å²) in [6, 6.07) is 17.7. The minimum absolute atomic E-state index is 0.135. The molecule has 0 radical (unpaired) electrons. The van der Waals surface area contributed by atoms with Crippen LogP contribution in [-0.2, 0) is 0 Å². The lowest BCUT2D eigenvalue weighted by molar-refractivity contribution is 0.0913. The number of likely N-dealkylation sites (tertiary alicyclic amines) is 1. The third-order valence-corrected chi connectivity index (χ3v) is 6.02. The van der Waals surface area contributed by atoms with Gasteiger partial charge in [0.05, 0.1) is 17.5 Å². The zero-order valence-corrected chi connectivity index (χ0v) is 18.8. The van der Waals surface area contributed by atoms with E-state index >= 15 is 0 Å². The fourth-order valence-corrected chi connectivity index (χ4v) is 4.05. The summed E-state index contributed by atoms with van der Waals surface area (Å²) >= 11 is 0. The number of carbonyl (C=O) groups excluding carboxylic acids is 1. The van der Waals surface area contributed by atoms with Crippen LogP contribution in [0.1, 0.15) is 23.3 Å². The second kappa shape index (κ2) is 9.72. The summed E-state index contributed by atoms with van der Waals surface area (Å²) in [5.41, 5.74) is 9.65. The highest BCUT2D eigenvalue weighted by Gasteiger charge is 2.21. The van der Waals surface area contributed by atoms with Gasteiger partial charge in [0.2, 0.25) is 0 Å². The lowest BCUT2D eigenvalue weighted by atomic mass is 10.0. The first kappa shape index (κ1) is 22.3. The monoisotopic (exact) mass is 440 g/mol. The number of rotatable bonds is 6. The molecule has 0 saturated carbocycles. The molecule has 0 aliphatic carbocycles. The minimum atomic E-state index is -0.234. The molecule has 1 amide bonds. The number of nitriles is 1. The van der Waals surface area contributed by atoms with Gasteiger partial charge in [0.1, 0.15) is 0 Å². The van der Waals surface area contributed by atoms with Gasteiger partial charge in [-0.1, -0.05) is 30.8 Å². The topological polar surface area (TPSA) is 107 Å². The smallest absolute Gasteiger partial charge is 0.272 e. The Morgan fingerprint density at radius 2 is 2.03 bits per heavy atom. The van der Waals surface area contributed by atoms with Crippen LogP contribution >= 0.6 is 0 Å². The zero-order valence-electron chi connectivity index (χ0n) is 18.8. The molecule has 1 aromatic heterocycles. The van der Waals surface area contributed by atoms with E-state index in [2.05, 4.69) is 40.2 Å². The first-order chi connectivity index (χ1) is 15.9. The predicted molar refractivity (Wildman–Crippen MR) is 133 cm³/mol. The maximum Gasteiger partial charge on any atom is 0.272 e. The second-order valence-electron chi connectivity index (χ2n) is 8.50. The van der Waals surface area contributed by atoms with E-state index in [9.17, 15) is 4.79 Å². The van der Waals surface area contributed by atoms with Gasteiger partial charge in [-0.15, -0.1) is 0 Å². The van der Waals surface area contributed by atoms with E-state index in [1.54, 1.807) is 6.07 Å². The summed E-state index contributed by atoms with van der Waals surface area (Å²) in [6.07, 6.45) is 1.83. The van der Waals surface area contributed by atoms with Gasteiger partial charge in [-0.05, 0) is 62.6 Å². The Bertz CT molecular complexity index is 1240. The number of fused-ring (bicyclic) bond motifs is 1. The van der Waals surface area contributed by atoms with Crippen molar-refractivity contribution >= 4 is 28.1 Å². The van der Waals surface area contributed by atoms with Crippen LogP contribution in [0.2, 0.25) is 0 Å². The van der Waals surface area contributed by atoms with Crippen LogP contribution in [0.5, 0.6) is 0 Å². The lowest BCUT2D eigenvalue weighted by Gasteiger charge is -2.29. The first-order valence-corrected chi connectivity index (χ1v) is 11.1. The van der Waals surface area contributed by atoms with Crippen molar-refractivity contribution in [2.24, 2.45) is 0 Å². The number of nitrogens with two attached hydrogens (primary N) is 1. The standard InChI is InChI=1S/C26H28N6O/c1-17(15-27)16-29-24-5-3-4-18-6-7-19(14-21(18)24)23-9-8-22(28)25(31-23)26(33)30-20-10-12-32(2)13-11-20/h3-9,14,20,29H,1,10-13,16,28H2,2H3,(H,30,33). The highest BCUT2D eigenvalue weighted by atomic mass is 16.2. The Kier molecular flexibility index (Phi) is 6.57. The van der Waals surface area contributed by atoms with E-state index in [-0.39, 0.29) is 17.6 Å². The van der Waals surface area contributed by atoms with Crippen LogP contribution in [0.15, 0.2) is 60.7 Å². The maximum atomic E-state index is 12.9. The summed E-state index contributed by atoms with van der Waals surface area (Å²) in [7, 11) is 2.09. The molecule has 4 N–H and O–H groups in total. The van der Waals surface area contributed by atoms with Gasteiger partial charge < -0.3 is 21.3 Å². The van der Waals surface area contributed by atoms with Crippen molar-refractivity contribution in [2.75, 3.05) is 37.7 Å². The molecule has 1 aliphatic rings. The van der Waals surface area contributed by atoms with Crippen molar-refractivity contribution < 1.29 is 4.79 Å². The second-order valence-corrected chi connectivity index (χ2v) is 8.50. The van der Waals surface area contributed by atoms with Crippen LogP contribution in [0.25, 0.3) is 22.0 Å². The average Bonchev–Trinajstić information content (AvgIpc) is 2.83. The Morgan fingerprint density at radius 3 is 2.79 bits per heavy atom. The van der Waals surface area contributed by atoms with E-state index in [4.69, 9.17) is 11.0 Å². The number of anilines is 2. The molecule has 1 fully saturated rings. The fourth-order valence-electron chi connectivity index (χ4n) is 4.05. The number of piperidine rings is 1. The van der Waals surface area contributed by atoms with E-state index in [1.165, 1.54) is 0 Å². The van der Waals surface area contributed by atoms with Crippen LogP contribution < -0.4 is 16.4 Å². The molecule has 0 spiro atoms. The van der Waals surface area contributed by atoms with Crippen molar-refractivity contribution in [3.05, 3.63) is 66.4 Å². The molecular formula is C26H28N6O. The van der Waals surface area contributed by atoms with Gasteiger partial charge in [-0.25, -0.2) is 4.98 Å². The quantitative estimate of drug-likeness (QED) is 0.503. The molecule has 7 heteroatoms. The first-order valence-electron chi connectivity index (χ1n) is 11.1. The Labute approximate surface area is 193 Å². The Morgan fingerprint density at radius 1 is 1.24 bits per heavy atom. The molecule has 2 aromatic carbocycles. The van der Waals surface area contributed by atoms with E-state index < -0.39 is 0 Å². The van der Waals surface area contributed by atoms with Gasteiger partial charge in [0.25, 0.3) is 5.91 Å².